The number of hydrogen-bond acceptors (Lipinski definition) is 3. The zero-order valence-electron chi connectivity index (χ0n) is 16.5. The second kappa shape index (κ2) is 10.8. The number of halogens is 1. The number of aliphatic imine (C=N–C) groups is 1. The lowest BCUT2D eigenvalue weighted by molar-refractivity contribution is 0.223. The van der Waals surface area contributed by atoms with E-state index in [1.165, 1.54) is 10.9 Å². The van der Waals surface area contributed by atoms with Gasteiger partial charge in [-0.05, 0) is 43.0 Å². The first-order valence-electron chi connectivity index (χ1n) is 9.16. The quantitative estimate of drug-likeness (QED) is 0.308. The summed E-state index contributed by atoms with van der Waals surface area (Å²) >= 11 is 0. The summed E-state index contributed by atoms with van der Waals surface area (Å²) in [5.41, 5.74) is 2.19. The van der Waals surface area contributed by atoms with Crippen molar-refractivity contribution in [3.8, 4) is 5.75 Å². The van der Waals surface area contributed by atoms with Crippen molar-refractivity contribution in [2.45, 2.75) is 26.5 Å². The van der Waals surface area contributed by atoms with Gasteiger partial charge in [-0.1, -0.05) is 36.4 Å². The Kier molecular flexibility index (Phi) is 8.50. The number of aromatic nitrogens is 1. The molecule has 28 heavy (non-hydrogen) atoms. The Morgan fingerprint density at radius 2 is 1.93 bits per heavy atom. The van der Waals surface area contributed by atoms with Gasteiger partial charge in [-0.25, -0.2) is 0 Å². The van der Waals surface area contributed by atoms with Crippen LogP contribution in [0.25, 0.3) is 10.8 Å². The summed E-state index contributed by atoms with van der Waals surface area (Å²) in [6.45, 7) is 5.35. The summed E-state index contributed by atoms with van der Waals surface area (Å²) in [6, 6.07) is 18.4. The highest BCUT2D eigenvalue weighted by atomic mass is 127. The third-order valence-corrected chi connectivity index (χ3v) is 4.29. The highest BCUT2D eigenvalue weighted by Crippen LogP contribution is 2.16. The number of nitrogens with one attached hydrogen (secondary N) is 2. The molecule has 0 saturated carbocycles. The minimum atomic E-state index is 0. The molecule has 148 valence electrons. The molecular weight excluding hydrogens is 463 g/mol. The van der Waals surface area contributed by atoms with E-state index in [1.807, 2.05) is 49.5 Å². The molecule has 3 aromatic rings. The molecule has 2 aromatic carbocycles. The van der Waals surface area contributed by atoms with E-state index < -0.39 is 0 Å². The first-order chi connectivity index (χ1) is 13.2. The Morgan fingerprint density at radius 1 is 1.11 bits per heavy atom. The van der Waals surface area contributed by atoms with E-state index in [-0.39, 0.29) is 30.1 Å². The predicted octanol–water partition coefficient (Wildman–Crippen LogP) is 4.29. The molecule has 0 aliphatic rings. The molecule has 0 spiro atoms. The number of guanidine groups is 1. The normalized spacial score (nSPS) is 12.2. The average molecular weight is 490 g/mol. The lowest BCUT2D eigenvalue weighted by Gasteiger charge is -2.18. The number of ether oxygens (including phenoxy) is 1. The van der Waals surface area contributed by atoms with Crippen LogP contribution in [0, 0.1) is 6.92 Å². The fourth-order valence-corrected chi connectivity index (χ4v) is 2.91. The van der Waals surface area contributed by atoms with Crippen LogP contribution in [0.1, 0.15) is 18.2 Å². The van der Waals surface area contributed by atoms with Crippen molar-refractivity contribution >= 4 is 40.7 Å². The van der Waals surface area contributed by atoms with Gasteiger partial charge in [-0.2, -0.15) is 0 Å². The van der Waals surface area contributed by atoms with Crippen molar-refractivity contribution in [2.75, 3.05) is 13.6 Å². The Labute approximate surface area is 183 Å². The molecule has 1 atom stereocenters. The van der Waals surface area contributed by atoms with Gasteiger partial charge >= 0.3 is 0 Å². The van der Waals surface area contributed by atoms with Crippen LogP contribution in [0.5, 0.6) is 5.75 Å². The first-order valence-corrected chi connectivity index (χ1v) is 9.16. The summed E-state index contributed by atoms with van der Waals surface area (Å²) in [4.78, 5) is 8.79. The molecule has 1 heterocycles. The van der Waals surface area contributed by atoms with Crippen molar-refractivity contribution < 1.29 is 4.74 Å². The molecule has 2 N–H and O–H groups in total. The number of fused-ring (bicyclic) bond motifs is 1. The summed E-state index contributed by atoms with van der Waals surface area (Å²) < 4.78 is 5.95. The van der Waals surface area contributed by atoms with Crippen molar-refractivity contribution in [1.29, 1.82) is 0 Å². The second-order valence-electron chi connectivity index (χ2n) is 6.53. The monoisotopic (exact) mass is 490 g/mol. The molecule has 0 aliphatic carbocycles. The fourth-order valence-electron chi connectivity index (χ4n) is 2.91. The summed E-state index contributed by atoms with van der Waals surface area (Å²) in [6.07, 6.45) is 1.86. The van der Waals surface area contributed by atoms with E-state index in [9.17, 15) is 0 Å². The van der Waals surface area contributed by atoms with Gasteiger partial charge in [0.15, 0.2) is 5.96 Å². The molecule has 0 radical (unpaired) electrons. The topological polar surface area (TPSA) is 58.5 Å². The van der Waals surface area contributed by atoms with Crippen molar-refractivity contribution in [2.24, 2.45) is 4.99 Å². The molecule has 0 amide bonds. The van der Waals surface area contributed by atoms with E-state index in [1.54, 1.807) is 7.05 Å². The molecule has 1 aromatic heterocycles. The largest absolute Gasteiger partial charge is 0.489 e. The second-order valence-corrected chi connectivity index (χ2v) is 6.53. The smallest absolute Gasteiger partial charge is 0.191 e. The lowest BCUT2D eigenvalue weighted by Crippen LogP contribution is -2.41. The molecule has 1 unspecified atom stereocenters. The summed E-state index contributed by atoms with van der Waals surface area (Å²) in [5.74, 6) is 1.61. The highest BCUT2D eigenvalue weighted by molar-refractivity contribution is 14.0. The van der Waals surface area contributed by atoms with Crippen LogP contribution >= 0.6 is 24.0 Å². The number of rotatable bonds is 6. The third-order valence-electron chi connectivity index (χ3n) is 4.29. The van der Waals surface area contributed by atoms with Crippen LogP contribution in [-0.4, -0.2) is 30.6 Å². The van der Waals surface area contributed by atoms with E-state index in [4.69, 9.17) is 4.74 Å². The van der Waals surface area contributed by atoms with E-state index in [0.29, 0.717) is 13.1 Å². The maximum absolute atomic E-state index is 5.95. The van der Waals surface area contributed by atoms with Gasteiger partial charge in [0.05, 0.1) is 18.8 Å². The van der Waals surface area contributed by atoms with E-state index in [2.05, 4.69) is 45.7 Å². The minimum Gasteiger partial charge on any atom is -0.489 e. The van der Waals surface area contributed by atoms with Crippen LogP contribution in [0.2, 0.25) is 0 Å². The average Bonchev–Trinajstić information content (AvgIpc) is 2.68. The van der Waals surface area contributed by atoms with Crippen LogP contribution < -0.4 is 15.4 Å². The van der Waals surface area contributed by atoms with Crippen LogP contribution in [0.4, 0.5) is 0 Å². The summed E-state index contributed by atoms with van der Waals surface area (Å²) in [5, 5.41) is 8.97. The van der Waals surface area contributed by atoms with Gasteiger partial charge in [-0.15, -0.1) is 24.0 Å². The molecule has 6 heteroatoms. The molecule has 0 bridgehead atoms. The van der Waals surface area contributed by atoms with Gasteiger partial charge in [0, 0.05) is 18.6 Å². The van der Waals surface area contributed by atoms with Crippen LogP contribution in [0.15, 0.2) is 65.8 Å². The van der Waals surface area contributed by atoms with Gasteiger partial charge in [-0.3, -0.25) is 9.98 Å². The fraction of sp³-hybridized carbons (Fsp3) is 0.273. The minimum absolute atomic E-state index is 0. The maximum atomic E-state index is 5.95. The Balaban J connectivity index is 0.00000280. The Morgan fingerprint density at radius 3 is 2.71 bits per heavy atom. The van der Waals surface area contributed by atoms with Gasteiger partial charge in [0.25, 0.3) is 0 Å². The molecule has 0 fully saturated rings. The van der Waals surface area contributed by atoms with E-state index >= 15 is 0 Å². The predicted molar refractivity (Wildman–Crippen MR) is 127 cm³/mol. The van der Waals surface area contributed by atoms with E-state index in [0.717, 1.165) is 22.8 Å². The maximum Gasteiger partial charge on any atom is 0.191 e. The van der Waals surface area contributed by atoms with Gasteiger partial charge in [0.1, 0.15) is 11.9 Å². The number of benzene rings is 2. The summed E-state index contributed by atoms with van der Waals surface area (Å²) in [7, 11) is 1.76. The lowest BCUT2D eigenvalue weighted by atomic mass is 10.1. The zero-order chi connectivity index (χ0) is 19.1. The first kappa shape index (κ1) is 21.9. The molecular formula is C22H27IN4O. The number of aryl methyl sites for hydroxylation is 1. The van der Waals surface area contributed by atoms with Crippen molar-refractivity contribution in [1.82, 2.24) is 15.6 Å². The molecule has 0 aliphatic heterocycles. The SMILES string of the molecule is CN=C(NCc1nccc2ccccc12)NCC(C)Oc1cccc(C)c1.I. The number of hydrogen-bond donors (Lipinski definition) is 2. The van der Waals surface area contributed by atoms with Crippen LogP contribution in [-0.2, 0) is 6.54 Å². The zero-order valence-corrected chi connectivity index (χ0v) is 18.8. The third kappa shape index (κ3) is 6.09. The molecule has 5 nitrogen and oxygen atoms in total. The van der Waals surface area contributed by atoms with Crippen LogP contribution in [0.3, 0.4) is 0 Å². The standard InChI is InChI=1S/C22H26N4O.HI/c1-16-7-6-9-19(13-16)27-17(2)14-25-22(23-3)26-15-21-20-10-5-4-8-18(20)11-12-24-21;/h4-13,17H,14-15H2,1-3H3,(H2,23,25,26);1H. The Hall–Kier alpha value is -2.35. The van der Waals surface area contributed by atoms with Gasteiger partial charge < -0.3 is 15.4 Å². The number of nitrogens with zero attached hydrogens (tertiary/aromatic N) is 2. The Bertz CT molecular complexity index is 924. The molecule has 3 rings (SSSR count). The van der Waals surface area contributed by atoms with Crippen molar-refractivity contribution in [3.63, 3.8) is 0 Å². The highest BCUT2D eigenvalue weighted by Gasteiger charge is 2.07. The molecule has 0 saturated heterocycles. The number of pyridine rings is 1. The van der Waals surface area contributed by atoms with Crippen molar-refractivity contribution in [3.05, 3.63) is 72.1 Å². The van der Waals surface area contributed by atoms with Gasteiger partial charge in [0.2, 0.25) is 0 Å².